The highest BCUT2D eigenvalue weighted by molar-refractivity contribution is 7.88. The fourth-order valence-corrected chi connectivity index (χ4v) is 3.66. The summed E-state index contributed by atoms with van der Waals surface area (Å²) in [5.74, 6) is 0.749. The molecule has 0 saturated heterocycles. The monoisotopic (exact) mass is 347 g/mol. The zero-order valence-corrected chi connectivity index (χ0v) is 15.1. The van der Waals surface area contributed by atoms with Gasteiger partial charge in [-0.05, 0) is 42.2 Å². The van der Waals surface area contributed by atoms with Crippen LogP contribution < -0.4 is 9.46 Å². The Hall–Kier alpha value is -1.85. The minimum atomic E-state index is -3.36. The summed E-state index contributed by atoms with van der Waals surface area (Å²) in [5.41, 5.74) is 3.08. The molecule has 0 unspecified atom stereocenters. The van der Waals surface area contributed by atoms with E-state index in [2.05, 4.69) is 11.6 Å². The Kier molecular flexibility index (Phi) is 6.82. The quantitative estimate of drug-likeness (QED) is 0.707. The van der Waals surface area contributed by atoms with Crippen molar-refractivity contribution in [2.24, 2.45) is 0 Å². The van der Waals surface area contributed by atoms with E-state index in [1.54, 1.807) is 0 Å². The molecule has 1 N–H and O–H groups in total. The number of hydrogen-bond acceptors (Lipinski definition) is 3. The second kappa shape index (κ2) is 8.85. The molecule has 0 aromatic heterocycles. The number of rotatable bonds is 9. The molecule has 0 aliphatic carbocycles. The lowest BCUT2D eigenvalue weighted by Gasteiger charge is -2.10. The van der Waals surface area contributed by atoms with Gasteiger partial charge in [0.15, 0.2) is 0 Å². The van der Waals surface area contributed by atoms with Crippen LogP contribution in [-0.2, 0) is 22.2 Å². The number of ether oxygens (including phenoxy) is 1. The molecule has 2 rings (SSSR count). The van der Waals surface area contributed by atoms with Crippen molar-refractivity contribution in [1.82, 2.24) is 4.72 Å². The van der Waals surface area contributed by atoms with Gasteiger partial charge in [0.2, 0.25) is 10.0 Å². The first-order valence-electron chi connectivity index (χ1n) is 8.24. The van der Waals surface area contributed by atoms with Gasteiger partial charge in [-0.3, -0.25) is 0 Å². The summed E-state index contributed by atoms with van der Waals surface area (Å²) in [6, 6.07) is 15.4. The van der Waals surface area contributed by atoms with Gasteiger partial charge in [0.1, 0.15) is 12.4 Å². The smallest absolute Gasteiger partial charge is 0.215 e. The van der Waals surface area contributed by atoms with Gasteiger partial charge >= 0.3 is 0 Å². The van der Waals surface area contributed by atoms with E-state index >= 15 is 0 Å². The molecule has 0 atom stereocenters. The fourth-order valence-electron chi connectivity index (χ4n) is 2.43. The van der Waals surface area contributed by atoms with Crippen molar-refractivity contribution in [1.29, 1.82) is 0 Å². The van der Waals surface area contributed by atoms with Crippen LogP contribution in [0, 0.1) is 6.92 Å². The molecule has 2 aromatic rings. The van der Waals surface area contributed by atoms with Crippen molar-refractivity contribution in [3.63, 3.8) is 0 Å². The zero-order chi connectivity index (χ0) is 17.4. The van der Waals surface area contributed by atoms with Crippen molar-refractivity contribution < 1.29 is 13.2 Å². The van der Waals surface area contributed by atoms with Crippen molar-refractivity contribution in [3.8, 4) is 5.75 Å². The van der Waals surface area contributed by atoms with Gasteiger partial charge < -0.3 is 4.74 Å². The van der Waals surface area contributed by atoms with Crippen LogP contribution in [0.15, 0.2) is 48.5 Å². The predicted octanol–water partition coefficient (Wildman–Crippen LogP) is 3.45. The van der Waals surface area contributed by atoms with E-state index in [1.807, 2.05) is 55.5 Å². The molecule has 0 bridgehead atoms. The maximum absolute atomic E-state index is 12.1. The summed E-state index contributed by atoms with van der Waals surface area (Å²) in [7, 11) is -3.36. The molecule has 0 spiro atoms. The highest BCUT2D eigenvalue weighted by Gasteiger charge is 2.12. The van der Waals surface area contributed by atoms with E-state index in [4.69, 9.17) is 4.74 Å². The first-order chi connectivity index (χ1) is 11.5. The lowest BCUT2D eigenvalue weighted by atomic mass is 10.1. The van der Waals surface area contributed by atoms with Crippen molar-refractivity contribution >= 4 is 10.0 Å². The van der Waals surface area contributed by atoms with E-state index in [9.17, 15) is 8.42 Å². The lowest BCUT2D eigenvalue weighted by Crippen LogP contribution is -2.29. The van der Waals surface area contributed by atoms with E-state index < -0.39 is 10.0 Å². The van der Waals surface area contributed by atoms with Gasteiger partial charge in [0.25, 0.3) is 0 Å². The molecule has 2 aromatic carbocycles. The number of sulfonamides is 1. The molecule has 24 heavy (non-hydrogen) atoms. The average molecular weight is 347 g/mol. The Morgan fingerprint density at radius 2 is 1.75 bits per heavy atom. The third-order valence-corrected chi connectivity index (χ3v) is 5.10. The zero-order valence-electron chi connectivity index (χ0n) is 14.3. The summed E-state index contributed by atoms with van der Waals surface area (Å²) < 4.78 is 32.4. The Labute approximate surface area is 144 Å². The summed E-state index contributed by atoms with van der Waals surface area (Å²) in [4.78, 5) is 0. The fraction of sp³-hybridized carbons (Fsp3) is 0.368. The Morgan fingerprint density at radius 3 is 2.42 bits per heavy atom. The normalized spacial score (nSPS) is 11.4. The highest BCUT2D eigenvalue weighted by Crippen LogP contribution is 2.13. The van der Waals surface area contributed by atoms with Gasteiger partial charge in [0.05, 0.1) is 5.75 Å². The molecular weight excluding hydrogens is 322 g/mol. The second-order valence-corrected chi connectivity index (χ2v) is 7.63. The van der Waals surface area contributed by atoms with Gasteiger partial charge in [0, 0.05) is 6.54 Å². The van der Waals surface area contributed by atoms with E-state index in [0.29, 0.717) is 6.61 Å². The first-order valence-corrected chi connectivity index (χ1v) is 9.89. The summed E-state index contributed by atoms with van der Waals surface area (Å²) >= 11 is 0. The lowest BCUT2D eigenvalue weighted by molar-refractivity contribution is 0.322. The second-order valence-electron chi connectivity index (χ2n) is 5.82. The maximum atomic E-state index is 12.1. The molecule has 4 nitrogen and oxygen atoms in total. The van der Waals surface area contributed by atoms with Gasteiger partial charge in [-0.15, -0.1) is 0 Å². The van der Waals surface area contributed by atoms with Gasteiger partial charge in [-0.1, -0.05) is 49.7 Å². The number of nitrogens with one attached hydrogen (secondary N) is 1. The third-order valence-electron chi connectivity index (χ3n) is 3.76. The minimum absolute atomic E-state index is 0.00854. The van der Waals surface area contributed by atoms with E-state index in [0.717, 1.165) is 29.7 Å². The van der Waals surface area contributed by atoms with Crippen LogP contribution in [0.25, 0.3) is 0 Å². The van der Waals surface area contributed by atoms with Crippen LogP contribution >= 0.6 is 0 Å². The van der Waals surface area contributed by atoms with E-state index in [1.165, 1.54) is 5.56 Å². The van der Waals surface area contributed by atoms with Crippen LogP contribution in [0.1, 0.15) is 30.0 Å². The topological polar surface area (TPSA) is 55.4 Å². The van der Waals surface area contributed by atoms with Crippen molar-refractivity contribution in [2.75, 3.05) is 13.2 Å². The first kappa shape index (κ1) is 18.5. The highest BCUT2D eigenvalue weighted by atomic mass is 32.2. The van der Waals surface area contributed by atoms with Crippen LogP contribution in [0.5, 0.6) is 5.75 Å². The molecule has 0 radical (unpaired) electrons. The molecule has 0 amide bonds. The number of aryl methyl sites for hydroxylation is 2. The predicted molar refractivity (Wildman–Crippen MR) is 97.7 cm³/mol. The summed E-state index contributed by atoms with van der Waals surface area (Å²) in [6.07, 6.45) is 2.17. The van der Waals surface area contributed by atoms with Crippen LogP contribution in [-0.4, -0.2) is 21.6 Å². The molecule has 130 valence electrons. The molecule has 5 heteroatoms. The average Bonchev–Trinajstić information content (AvgIpc) is 2.55. The van der Waals surface area contributed by atoms with Crippen LogP contribution in [0.3, 0.4) is 0 Å². The van der Waals surface area contributed by atoms with Crippen molar-refractivity contribution in [2.45, 2.75) is 32.4 Å². The van der Waals surface area contributed by atoms with E-state index in [-0.39, 0.29) is 12.3 Å². The molecule has 0 aliphatic heterocycles. The van der Waals surface area contributed by atoms with Gasteiger partial charge in [-0.25, -0.2) is 13.1 Å². The molecule has 0 fully saturated rings. The number of hydrogen-bond donors (Lipinski definition) is 1. The molecule has 0 aliphatic rings. The Bertz CT molecular complexity index is 739. The Balaban J connectivity index is 1.77. The van der Waals surface area contributed by atoms with Crippen molar-refractivity contribution in [3.05, 3.63) is 65.2 Å². The molecule has 0 heterocycles. The minimum Gasteiger partial charge on any atom is -0.492 e. The largest absolute Gasteiger partial charge is 0.492 e. The summed E-state index contributed by atoms with van der Waals surface area (Å²) in [5, 5.41) is 0. The standard InChI is InChI=1S/C19H25NO3S/c1-3-6-17-9-11-19(12-10-17)23-14-13-20-24(21,22)15-18-8-5-4-7-16(18)2/h4-5,7-12,20H,3,6,13-15H2,1-2H3. The molecular formula is C19H25NO3S. The van der Waals surface area contributed by atoms with Gasteiger partial charge in [-0.2, -0.15) is 0 Å². The van der Waals surface area contributed by atoms with Crippen LogP contribution in [0.2, 0.25) is 0 Å². The van der Waals surface area contributed by atoms with Crippen LogP contribution in [0.4, 0.5) is 0 Å². The maximum Gasteiger partial charge on any atom is 0.215 e. The Morgan fingerprint density at radius 1 is 1.04 bits per heavy atom. The molecule has 0 saturated carbocycles. The third kappa shape index (κ3) is 5.98. The SMILES string of the molecule is CCCc1ccc(OCCNS(=O)(=O)Cc2ccccc2C)cc1. The number of benzene rings is 2. The summed E-state index contributed by atoms with van der Waals surface area (Å²) in [6.45, 7) is 4.62.